The molecule has 1 aliphatic rings. The van der Waals surface area contributed by atoms with Gasteiger partial charge < -0.3 is 15.1 Å². The number of carbonyl (C=O) groups excluding carboxylic acids is 1. The highest BCUT2D eigenvalue weighted by atomic mass is 16.3. The normalized spacial score (nSPS) is 18.6. The number of rotatable bonds is 4. The van der Waals surface area contributed by atoms with E-state index >= 15 is 0 Å². The summed E-state index contributed by atoms with van der Waals surface area (Å²) in [6.07, 6.45) is 1.73. The molecule has 4 nitrogen and oxygen atoms in total. The van der Waals surface area contributed by atoms with Gasteiger partial charge in [-0.3, -0.25) is 4.79 Å². The molecule has 2 unspecified atom stereocenters. The molecule has 3 rings (SSSR count). The van der Waals surface area contributed by atoms with Crippen LogP contribution >= 0.6 is 0 Å². The molecule has 1 aliphatic heterocycles. The van der Waals surface area contributed by atoms with Crippen LogP contribution in [0.4, 0.5) is 0 Å². The van der Waals surface area contributed by atoms with E-state index in [2.05, 4.69) is 0 Å². The molecule has 0 aliphatic carbocycles. The molecule has 1 amide bonds. The number of aliphatic hydroxyl groups is 1. The lowest BCUT2D eigenvalue weighted by Gasteiger charge is -2.27. The van der Waals surface area contributed by atoms with Crippen LogP contribution in [0.15, 0.2) is 48.5 Å². The zero-order valence-electron chi connectivity index (χ0n) is 13.9. The van der Waals surface area contributed by atoms with E-state index < -0.39 is 6.10 Å². The van der Waals surface area contributed by atoms with Crippen LogP contribution in [-0.4, -0.2) is 33.6 Å². The minimum Gasteiger partial charge on any atom is -0.507 e. The first-order chi connectivity index (χ1) is 11.6. The first-order valence-electron chi connectivity index (χ1n) is 8.40. The Morgan fingerprint density at radius 3 is 2.71 bits per heavy atom. The average Bonchev–Trinajstić information content (AvgIpc) is 3.03. The van der Waals surface area contributed by atoms with E-state index in [1.807, 2.05) is 43.3 Å². The lowest BCUT2D eigenvalue weighted by molar-refractivity contribution is 0.0664. The molecule has 2 aromatic rings. The van der Waals surface area contributed by atoms with Gasteiger partial charge >= 0.3 is 0 Å². The maximum Gasteiger partial charge on any atom is 0.257 e. The third-order valence-electron chi connectivity index (χ3n) is 4.70. The number of amides is 1. The topological polar surface area (TPSA) is 60.8 Å². The van der Waals surface area contributed by atoms with Crippen LogP contribution in [0.2, 0.25) is 0 Å². The van der Waals surface area contributed by atoms with Crippen molar-refractivity contribution in [2.75, 3.05) is 6.54 Å². The third-order valence-corrected chi connectivity index (χ3v) is 4.70. The minimum atomic E-state index is -0.587. The Hall–Kier alpha value is -2.33. The fraction of sp³-hybridized carbons (Fsp3) is 0.350. The first-order valence-corrected chi connectivity index (χ1v) is 8.40. The molecule has 0 aromatic heterocycles. The molecule has 0 saturated carbocycles. The Morgan fingerprint density at radius 1 is 1.25 bits per heavy atom. The van der Waals surface area contributed by atoms with E-state index in [-0.39, 0.29) is 17.7 Å². The lowest BCUT2D eigenvalue weighted by atomic mass is 10.00. The van der Waals surface area contributed by atoms with Gasteiger partial charge in [-0.25, -0.2) is 0 Å². The van der Waals surface area contributed by atoms with Crippen molar-refractivity contribution in [3.63, 3.8) is 0 Å². The van der Waals surface area contributed by atoms with E-state index in [1.54, 1.807) is 17.0 Å². The van der Waals surface area contributed by atoms with E-state index in [0.29, 0.717) is 18.5 Å². The number of nitrogens with zero attached hydrogens (tertiary/aromatic N) is 1. The van der Waals surface area contributed by atoms with E-state index in [0.717, 1.165) is 24.0 Å². The standard InChI is InChI=1S/C20H23NO3/c1-14-9-10-17(19(23)12-14)20(24)21-11-5-8-16(21)13-18(22)15-6-3-2-4-7-15/h2-4,6-7,9-10,12,16,18,22-23H,5,8,11,13H2,1H3. The molecular formula is C20H23NO3. The lowest BCUT2D eigenvalue weighted by Crippen LogP contribution is -2.36. The number of likely N-dealkylation sites (tertiary alicyclic amines) is 1. The molecule has 0 spiro atoms. The van der Waals surface area contributed by atoms with E-state index in [4.69, 9.17) is 0 Å². The summed E-state index contributed by atoms with van der Waals surface area (Å²) in [6, 6.07) is 14.6. The molecular weight excluding hydrogens is 302 g/mol. The highest BCUT2D eigenvalue weighted by Gasteiger charge is 2.32. The van der Waals surface area contributed by atoms with Crippen molar-refractivity contribution in [3.8, 4) is 5.75 Å². The minimum absolute atomic E-state index is 0.00610. The highest BCUT2D eigenvalue weighted by Crippen LogP contribution is 2.30. The van der Waals surface area contributed by atoms with Crippen LogP contribution in [0.25, 0.3) is 0 Å². The highest BCUT2D eigenvalue weighted by molar-refractivity contribution is 5.97. The Bertz CT molecular complexity index is 714. The van der Waals surface area contributed by atoms with Crippen molar-refractivity contribution in [1.82, 2.24) is 4.90 Å². The summed E-state index contributed by atoms with van der Waals surface area (Å²) < 4.78 is 0. The van der Waals surface area contributed by atoms with Crippen molar-refractivity contribution in [2.24, 2.45) is 0 Å². The van der Waals surface area contributed by atoms with Gasteiger partial charge in [0.2, 0.25) is 0 Å². The van der Waals surface area contributed by atoms with Crippen molar-refractivity contribution in [3.05, 3.63) is 65.2 Å². The van der Waals surface area contributed by atoms with Gasteiger partial charge in [-0.2, -0.15) is 0 Å². The van der Waals surface area contributed by atoms with Crippen molar-refractivity contribution < 1.29 is 15.0 Å². The molecule has 1 saturated heterocycles. The smallest absolute Gasteiger partial charge is 0.257 e. The maximum absolute atomic E-state index is 12.8. The summed E-state index contributed by atoms with van der Waals surface area (Å²) in [6.45, 7) is 2.54. The van der Waals surface area contributed by atoms with Gasteiger partial charge in [-0.05, 0) is 49.4 Å². The zero-order valence-corrected chi connectivity index (χ0v) is 13.9. The largest absolute Gasteiger partial charge is 0.507 e. The second-order valence-electron chi connectivity index (χ2n) is 6.48. The predicted molar refractivity (Wildman–Crippen MR) is 92.9 cm³/mol. The summed E-state index contributed by atoms with van der Waals surface area (Å²) in [4.78, 5) is 14.6. The number of aliphatic hydroxyl groups excluding tert-OH is 1. The second kappa shape index (κ2) is 7.05. The number of carbonyl (C=O) groups is 1. The predicted octanol–water partition coefficient (Wildman–Crippen LogP) is 3.43. The molecule has 0 radical (unpaired) electrons. The first kappa shape index (κ1) is 16.5. The number of phenols is 1. The summed E-state index contributed by atoms with van der Waals surface area (Å²) in [7, 11) is 0. The summed E-state index contributed by atoms with van der Waals surface area (Å²) >= 11 is 0. The van der Waals surface area contributed by atoms with Gasteiger partial charge in [0, 0.05) is 12.6 Å². The van der Waals surface area contributed by atoms with Crippen molar-refractivity contribution >= 4 is 5.91 Å². The molecule has 2 N–H and O–H groups in total. The summed E-state index contributed by atoms with van der Waals surface area (Å²) in [5.41, 5.74) is 2.12. The number of phenolic OH excluding ortho intramolecular Hbond substituents is 1. The van der Waals surface area contributed by atoms with Crippen LogP contribution in [0.1, 0.15) is 46.9 Å². The quantitative estimate of drug-likeness (QED) is 0.905. The second-order valence-corrected chi connectivity index (χ2v) is 6.48. The number of hydrogen-bond donors (Lipinski definition) is 2. The molecule has 4 heteroatoms. The van der Waals surface area contributed by atoms with Crippen molar-refractivity contribution in [1.29, 1.82) is 0 Å². The van der Waals surface area contributed by atoms with Crippen LogP contribution in [0.5, 0.6) is 5.75 Å². The molecule has 2 atom stereocenters. The van der Waals surface area contributed by atoms with E-state index in [9.17, 15) is 15.0 Å². The van der Waals surface area contributed by atoms with Gasteiger partial charge in [0.15, 0.2) is 0 Å². The number of aryl methyl sites for hydroxylation is 1. The molecule has 24 heavy (non-hydrogen) atoms. The molecule has 0 bridgehead atoms. The van der Waals surface area contributed by atoms with E-state index in [1.165, 1.54) is 0 Å². The zero-order chi connectivity index (χ0) is 17.1. The number of benzene rings is 2. The van der Waals surface area contributed by atoms with Crippen LogP contribution in [0, 0.1) is 6.92 Å². The maximum atomic E-state index is 12.8. The van der Waals surface area contributed by atoms with Gasteiger partial charge in [0.25, 0.3) is 5.91 Å². The summed E-state index contributed by atoms with van der Waals surface area (Å²) in [5, 5.41) is 20.5. The number of hydrogen-bond acceptors (Lipinski definition) is 3. The Morgan fingerprint density at radius 2 is 2.00 bits per heavy atom. The average molecular weight is 325 g/mol. The monoisotopic (exact) mass is 325 g/mol. The Labute approximate surface area is 142 Å². The van der Waals surface area contributed by atoms with Gasteiger partial charge in [-0.15, -0.1) is 0 Å². The fourth-order valence-electron chi connectivity index (χ4n) is 3.39. The van der Waals surface area contributed by atoms with Crippen LogP contribution in [0.3, 0.4) is 0 Å². The molecule has 2 aromatic carbocycles. The Kier molecular flexibility index (Phi) is 4.86. The number of aromatic hydroxyl groups is 1. The molecule has 1 fully saturated rings. The van der Waals surface area contributed by atoms with Gasteiger partial charge in [0.1, 0.15) is 5.75 Å². The van der Waals surface area contributed by atoms with Gasteiger partial charge in [-0.1, -0.05) is 36.4 Å². The van der Waals surface area contributed by atoms with Gasteiger partial charge in [0.05, 0.1) is 11.7 Å². The van der Waals surface area contributed by atoms with Crippen LogP contribution < -0.4 is 0 Å². The van der Waals surface area contributed by atoms with Crippen molar-refractivity contribution in [2.45, 2.75) is 38.3 Å². The summed E-state index contributed by atoms with van der Waals surface area (Å²) in [5.74, 6) is -0.135. The molecule has 126 valence electrons. The van der Waals surface area contributed by atoms with Crippen LogP contribution in [-0.2, 0) is 0 Å². The fourth-order valence-corrected chi connectivity index (χ4v) is 3.39. The Balaban J connectivity index is 1.74. The molecule has 1 heterocycles. The SMILES string of the molecule is Cc1ccc(C(=O)N2CCCC2CC(O)c2ccccc2)c(O)c1. The third kappa shape index (κ3) is 3.44.